The zero-order valence-electron chi connectivity index (χ0n) is 16.9. The van der Waals surface area contributed by atoms with Gasteiger partial charge < -0.3 is 9.72 Å². The highest BCUT2D eigenvalue weighted by Crippen LogP contribution is 2.28. The standard InChI is InChI=1S/C19H26N4O4S/c1-12-13(10-21-7-6-20-17(21)25)28-16-14(12)15(24)23(11-19(2,3)4)18(26)22(16)8-9-27-5/h6-7H,8-11H2,1-5H3,(H,20,25). The fraction of sp³-hybridized carbons (Fsp3) is 0.526. The van der Waals surface area contributed by atoms with Crippen LogP contribution in [-0.2, 0) is 24.4 Å². The summed E-state index contributed by atoms with van der Waals surface area (Å²) in [4.78, 5) is 42.3. The lowest BCUT2D eigenvalue weighted by molar-refractivity contribution is 0.186. The summed E-state index contributed by atoms with van der Waals surface area (Å²) >= 11 is 1.38. The van der Waals surface area contributed by atoms with Crippen LogP contribution >= 0.6 is 11.3 Å². The zero-order chi connectivity index (χ0) is 20.6. The van der Waals surface area contributed by atoms with E-state index in [2.05, 4.69) is 4.98 Å². The van der Waals surface area contributed by atoms with Gasteiger partial charge in [-0.2, -0.15) is 0 Å². The Hall–Kier alpha value is -2.39. The van der Waals surface area contributed by atoms with Crippen LogP contribution in [0.5, 0.6) is 0 Å². The molecule has 8 nitrogen and oxygen atoms in total. The first-order chi connectivity index (χ1) is 13.1. The van der Waals surface area contributed by atoms with Crippen molar-refractivity contribution in [3.05, 3.63) is 54.2 Å². The first-order valence-corrected chi connectivity index (χ1v) is 9.94. The Balaban J connectivity index is 2.26. The average molecular weight is 407 g/mol. The molecule has 3 aromatic rings. The van der Waals surface area contributed by atoms with E-state index in [1.54, 1.807) is 28.6 Å². The Morgan fingerprint density at radius 2 is 1.89 bits per heavy atom. The van der Waals surface area contributed by atoms with Crippen LogP contribution in [-0.4, -0.2) is 32.4 Å². The summed E-state index contributed by atoms with van der Waals surface area (Å²) in [5.74, 6) is 0. The number of nitrogens with one attached hydrogen (secondary N) is 1. The molecule has 0 saturated heterocycles. The lowest BCUT2D eigenvalue weighted by Crippen LogP contribution is -2.42. The highest BCUT2D eigenvalue weighted by atomic mass is 32.1. The lowest BCUT2D eigenvalue weighted by atomic mass is 9.97. The van der Waals surface area contributed by atoms with E-state index in [1.807, 2.05) is 27.7 Å². The number of imidazole rings is 1. The first kappa shape index (κ1) is 20.3. The van der Waals surface area contributed by atoms with Crippen LogP contribution in [0.3, 0.4) is 0 Å². The molecule has 0 spiro atoms. The van der Waals surface area contributed by atoms with E-state index in [0.717, 1.165) is 10.4 Å². The number of aryl methyl sites for hydroxylation is 1. The van der Waals surface area contributed by atoms with Gasteiger partial charge in [0.05, 0.1) is 25.1 Å². The van der Waals surface area contributed by atoms with Crippen molar-refractivity contribution in [2.75, 3.05) is 13.7 Å². The fourth-order valence-electron chi connectivity index (χ4n) is 3.21. The van der Waals surface area contributed by atoms with Gasteiger partial charge in [0.1, 0.15) is 4.83 Å². The van der Waals surface area contributed by atoms with Crippen molar-refractivity contribution in [1.29, 1.82) is 0 Å². The van der Waals surface area contributed by atoms with Crippen molar-refractivity contribution < 1.29 is 4.74 Å². The maximum absolute atomic E-state index is 13.2. The summed E-state index contributed by atoms with van der Waals surface area (Å²) in [6.07, 6.45) is 3.25. The summed E-state index contributed by atoms with van der Waals surface area (Å²) in [6.45, 7) is 9.26. The van der Waals surface area contributed by atoms with Crippen molar-refractivity contribution in [2.24, 2.45) is 5.41 Å². The van der Waals surface area contributed by atoms with Crippen molar-refractivity contribution in [2.45, 2.75) is 47.3 Å². The zero-order valence-corrected chi connectivity index (χ0v) is 17.7. The lowest BCUT2D eigenvalue weighted by Gasteiger charge is -2.20. The summed E-state index contributed by atoms with van der Waals surface area (Å²) in [5, 5.41) is 0.545. The van der Waals surface area contributed by atoms with Crippen molar-refractivity contribution >= 4 is 21.6 Å². The fourth-order valence-corrected chi connectivity index (χ4v) is 4.53. The van der Waals surface area contributed by atoms with Gasteiger partial charge in [-0.3, -0.25) is 18.5 Å². The molecule has 1 N–H and O–H groups in total. The highest BCUT2D eigenvalue weighted by molar-refractivity contribution is 7.18. The van der Waals surface area contributed by atoms with Gasteiger partial charge in [0.15, 0.2) is 0 Å². The normalized spacial score (nSPS) is 12.2. The topological polar surface area (TPSA) is 91.0 Å². The second kappa shape index (κ2) is 7.56. The minimum atomic E-state index is -0.323. The smallest absolute Gasteiger partial charge is 0.332 e. The van der Waals surface area contributed by atoms with E-state index < -0.39 is 0 Å². The number of ether oxygens (including phenoxy) is 1. The number of hydrogen-bond donors (Lipinski definition) is 1. The molecule has 0 unspecified atom stereocenters. The molecule has 0 aliphatic heterocycles. The van der Waals surface area contributed by atoms with Crippen LogP contribution < -0.4 is 16.9 Å². The number of H-pyrrole nitrogens is 1. The van der Waals surface area contributed by atoms with Gasteiger partial charge in [-0.1, -0.05) is 20.8 Å². The average Bonchev–Trinajstić information content (AvgIpc) is 3.15. The maximum Gasteiger partial charge on any atom is 0.332 e. The molecule has 0 amide bonds. The van der Waals surface area contributed by atoms with Crippen LogP contribution in [0.4, 0.5) is 0 Å². The molecule has 0 aromatic carbocycles. The third kappa shape index (κ3) is 3.77. The van der Waals surface area contributed by atoms with Gasteiger partial charge in [0.25, 0.3) is 5.56 Å². The first-order valence-electron chi connectivity index (χ1n) is 9.12. The molecule has 0 saturated carbocycles. The third-order valence-corrected chi connectivity index (χ3v) is 5.88. The Labute approximate surface area is 166 Å². The predicted molar refractivity (Wildman–Crippen MR) is 111 cm³/mol. The Kier molecular flexibility index (Phi) is 5.49. The molecule has 0 radical (unpaired) electrons. The van der Waals surface area contributed by atoms with Crippen molar-refractivity contribution in [1.82, 2.24) is 18.7 Å². The monoisotopic (exact) mass is 406 g/mol. The molecule has 3 aromatic heterocycles. The van der Waals surface area contributed by atoms with E-state index >= 15 is 0 Å². The van der Waals surface area contributed by atoms with Gasteiger partial charge in [-0.25, -0.2) is 9.59 Å². The summed E-state index contributed by atoms with van der Waals surface area (Å²) in [7, 11) is 1.58. The number of thiophene rings is 1. The molecule has 0 aliphatic carbocycles. The summed E-state index contributed by atoms with van der Waals surface area (Å²) in [6, 6.07) is 0. The molecule has 0 bridgehead atoms. The number of methoxy groups -OCH3 is 1. The number of hydrogen-bond acceptors (Lipinski definition) is 5. The Morgan fingerprint density at radius 1 is 1.18 bits per heavy atom. The quantitative estimate of drug-likeness (QED) is 0.675. The minimum absolute atomic E-state index is 0.209. The molecule has 3 heterocycles. The molecule has 28 heavy (non-hydrogen) atoms. The second-order valence-corrected chi connectivity index (χ2v) is 9.19. The molecule has 0 atom stereocenters. The Bertz CT molecular complexity index is 1170. The molecular formula is C19H26N4O4S. The number of nitrogens with zero attached hydrogens (tertiary/aromatic N) is 3. The van der Waals surface area contributed by atoms with E-state index in [4.69, 9.17) is 4.74 Å². The molecular weight excluding hydrogens is 380 g/mol. The highest BCUT2D eigenvalue weighted by Gasteiger charge is 2.23. The summed E-state index contributed by atoms with van der Waals surface area (Å²) in [5.41, 5.74) is -0.215. The van der Waals surface area contributed by atoms with Gasteiger partial charge in [-0.05, 0) is 17.9 Å². The maximum atomic E-state index is 13.2. The second-order valence-electron chi connectivity index (χ2n) is 8.10. The van der Waals surface area contributed by atoms with Crippen molar-refractivity contribution in [3.8, 4) is 0 Å². The molecule has 0 aliphatic rings. The predicted octanol–water partition coefficient (Wildman–Crippen LogP) is 1.76. The third-order valence-electron chi connectivity index (χ3n) is 4.58. The van der Waals surface area contributed by atoms with E-state index in [1.165, 1.54) is 15.9 Å². The van der Waals surface area contributed by atoms with E-state index in [-0.39, 0.29) is 22.4 Å². The minimum Gasteiger partial charge on any atom is -0.383 e. The molecule has 0 fully saturated rings. The molecule has 3 rings (SSSR count). The number of aromatic amines is 1. The number of fused-ring (bicyclic) bond motifs is 1. The number of rotatable bonds is 6. The van der Waals surface area contributed by atoms with Gasteiger partial charge in [0, 0.05) is 30.9 Å². The molecule has 9 heteroatoms. The van der Waals surface area contributed by atoms with Crippen LogP contribution in [0.25, 0.3) is 10.2 Å². The van der Waals surface area contributed by atoms with Gasteiger partial charge >= 0.3 is 11.4 Å². The van der Waals surface area contributed by atoms with E-state index in [0.29, 0.717) is 36.5 Å². The number of aromatic nitrogens is 4. The van der Waals surface area contributed by atoms with Crippen LogP contribution in [0.1, 0.15) is 31.2 Å². The van der Waals surface area contributed by atoms with Gasteiger partial charge in [-0.15, -0.1) is 11.3 Å². The largest absolute Gasteiger partial charge is 0.383 e. The molecule has 152 valence electrons. The van der Waals surface area contributed by atoms with Crippen LogP contribution in [0.15, 0.2) is 26.8 Å². The van der Waals surface area contributed by atoms with Gasteiger partial charge in [0.2, 0.25) is 0 Å². The Morgan fingerprint density at radius 3 is 2.46 bits per heavy atom. The van der Waals surface area contributed by atoms with E-state index in [9.17, 15) is 14.4 Å². The van der Waals surface area contributed by atoms with Crippen LogP contribution in [0.2, 0.25) is 0 Å². The summed E-state index contributed by atoms with van der Waals surface area (Å²) < 4.78 is 9.65. The van der Waals surface area contributed by atoms with Crippen LogP contribution in [0, 0.1) is 12.3 Å². The van der Waals surface area contributed by atoms with Crippen molar-refractivity contribution in [3.63, 3.8) is 0 Å². The SMILES string of the molecule is COCCn1c(=O)n(CC(C)(C)C)c(=O)c2c(C)c(Cn3cc[nH]c3=O)sc21.